The summed E-state index contributed by atoms with van der Waals surface area (Å²) in [5.41, 5.74) is 2.14. The van der Waals surface area contributed by atoms with Crippen LogP contribution in [0.4, 0.5) is 0 Å². The van der Waals surface area contributed by atoms with E-state index in [0.29, 0.717) is 18.7 Å². The van der Waals surface area contributed by atoms with Gasteiger partial charge in [-0.1, -0.05) is 0 Å². The van der Waals surface area contributed by atoms with Crippen LogP contribution in [0.15, 0.2) is 0 Å². The van der Waals surface area contributed by atoms with E-state index in [9.17, 15) is 4.79 Å². The van der Waals surface area contributed by atoms with Crippen molar-refractivity contribution in [3.8, 4) is 0 Å². The first-order valence-corrected chi connectivity index (χ1v) is 5.43. The van der Waals surface area contributed by atoms with Gasteiger partial charge in [0.2, 0.25) is 0 Å². The molecule has 1 aromatic heterocycles. The molecule has 0 radical (unpaired) electrons. The van der Waals surface area contributed by atoms with E-state index in [4.69, 9.17) is 4.74 Å². The van der Waals surface area contributed by atoms with E-state index in [1.165, 1.54) is 0 Å². The Hall–Kier alpha value is -1.36. The second-order valence-electron chi connectivity index (χ2n) is 3.98. The zero-order valence-electron chi connectivity index (χ0n) is 10.3. The first-order valence-electron chi connectivity index (χ1n) is 5.43. The third-order valence-corrected chi connectivity index (χ3v) is 2.19. The first-order chi connectivity index (χ1) is 7.52. The van der Waals surface area contributed by atoms with Gasteiger partial charge in [-0.05, 0) is 27.7 Å². The molecule has 0 spiro atoms. The molecule has 0 aliphatic rings. The second-order valence-corrected chi connectivity index (χ2v) is 3.98. The number of nitrogens with zero attached hydrogens (tertiary/aromatic N) is 1. The maximum Gasteiger partial charge on any atom is 0.255 e. The predicted molar refractivity (Wildman–Crippen MR) is 61.5 cm³/mol. The SMILES string of the molecule is Cc1n[nH]c(C)c1C(=O)NCCOC(C)C. The third-order valence-electron chi connectivity index (χ3n) is 2.19. The van der Waals surface area contributed by atoms with Crippen LogP contribution in [0, 0.1) is 13.8 Å². The number of aryl methyl sites for hydroxylation is 2. The monoisotopic (exact) mass is 225 g/mol. The highest BCUT2D eigenvalue weighted by molar-refractivity contribution is 5.96. The van der Waals surface area contributed by atoms with E-state index in [-0.39, 0.29) is 12.0 Å². The van der Waals surface area contributed by atoms with E-state index >= 15 is 0 Å². The minimum Gasteiger partial charge on any atom is -0.377 e. The Bertz CT molecular complexity index is 339. The quantitative estimate of drug-likeness (QED) is 0.739. The summed E-state index contributed by atoms with van der Waals surface area (Å²) in [4.78, 5) is 11.8. The fourth-order valence-corrected chi connectivity index (χ4v) is 1.43. The van der Waals surface area contributed by atoms with Gasteiger partial charge in [-0.2, -0.15) is 5.10 Å². The maximum absolute atomic E-state index is 11.8. The van der Waals surface area contributed by atoms with Gasteiger partial charge in [0.05, 0.1) is 24.0 Å². The molecule has 1 amide bonds. The highest BCUT2D eigenvalue weighted by atomic mass is 16.5. The van der Waals surface area contributed by atoms with Crippen molar-refractivity contribution in [1.82, 2.24) is 15.5 Å². The molecule has 0 fully saturated rings. The van der Waals surface area contributed by atoms with Crippen LogP contribution in [0.2, 0.25) is 0 Å². The molecule has 2 N–H and O–H groups in total. The van der Waals surface area contributed by atoms with Gasteiger partial charge < -0.3 is 10.1 Å². The number of hydrogen-bond donors (Lipinski definition) is 2. The normalized spacial score (nSPS) is 10.8. The Morgan fingerprint density at radius 3 is 2.69 bits per heavy atom. The van der Waals surface area contributed by atoms with Crippen molar-refractivity contribution >= 4 is 5.91 Å². The molecule has 0 aliphatic heterocycles. The Morgan fingerprint density at radius 1 is 1.50 bits per heavy atom. The van der Waals surface area contributed by atoms with Crippen LogP contribution >= 0.6 is 0 Å². The van der Waals surface area contributed by atoms with Gasteiger partial charge in [-0.3, -0.25) is 9.89 Å². The molecular formula is C11H19N3O2. The number of hydrogen-bond acceptors (Lipinski definition) is 3. The minimum absolute atomic E-state index is 0.101. The Balaban J connectivity index is 2.41. The lowest BCUT2D eigenvalue weighted by Gasteiger charge is -2.08. The number of aromatic nitrogens is 2. The van der Waals surface area contributed by atoms with Gasteiger partial charge in [0.15, 0.2) is 0 Å². The molecule has 16 heavy (non-hydrogen) atoms. The average Bonchev–Trinajstić information content (AvgIpc) is 2.53. The Morgan fingerprint density at radius 2 is 2.19 bits per heavy atom. The van der Waals surface area contributed by atoms with Crippen LogP contribution in [0.5, 0.6) is 0 Å². The van der Waals surface area contributed by atoms with Crippen molar-refractivity contribution in [1.29, 1.82) is 0 Å². The van der Waals surface area contributed by atoms with Gasteiger partial charge >= 0.3 is 0 Å². The summed E-state index contributed by atoms with van der Waals surface area (Å²) in [6, 6.07) is 0. The van der Waals surface area contributed by atoms with Gasteiger partial charge in [-0.15, -0.1) is 0 Å². The summed E-state index contributed by atoms with van der Waals surface area (Å²) in [7, 11) is 0. The van der Waals surface area contributed by atoms with Crippen molar-refractivity contribution in [3.05, 3.63) is 17.0 Å². The van der Waals surface area contributed by atoms with Crippen LogP contribution in [0.3, 0.4) is 0 Å². The lowest BCUT2D eigenvalue weighted by molar-refractivity contribution is 0.0746. The molecule has 0 aromatic carbocycles. The van der Waals surface area contributed by atoms with E-state index in [1.807, 2.05) is 27.7 Å². The van der Waals surface area contributed by atoms with Crippen molar-refractivity contribution in [2.75, 3.05) is 13.2 Å². The van der Waals surface area contributed by atoms with Crippen molar-refractivity contribution in [3.63, 3.8) is 0 Å². The largest absolute Gasteiger partial charge is 0.377 e. The maximum atomic E-state index is 11.8. The Labute approximate surface area is 95.6 Å². The van der Waals surface area contributed by atoms with E-state index in [0.717, 1.165) is 11.4 Å². The van der Waals surface area contributed by atoms with E-state index in [1.54, 1.807) is 0 Å². The molecule has 0 bridgehead atoms. The standard InChI is InChI=1S/C11H19N3O2/c1-7(2)16-6-5-12-11(15)10-8(3)13-14-9(10)4/h7H,5-6H2,1-4H3,(H,12,15)(H,13,14). The van der Waals surface area contributed by atoms with Crippen molar-refractivity contribution in [2.24, 2.45) is 0 Å². The molecule has 1 aromatic rings. The highest BCUT2D eigenvalue weighted by Crippen LogP contribution is 2.08. The zero-order valence-corrected chi connectivity index (χ0v) is 10.3. The molecule has 1 heterocycles. The summed E-state index contributed by atoms with van der Waals surface area (Å²) in [5.74, 6) is -0.101. The van der Waals surface area contributed by atoms with Gasteiger partial charge in [0, 0.05) is 12.2 Å². The minimum atomic E-state index is -0.101. The highest BCUT2D eigenvalue weighted by Gasteiger charge is 2.14. The van der Waals surface area contributed by atoms with Crippen LogP contribution < -0.4 is 5.32 Å². The zero-order chi connectivity index (χ0) is 12.1. The summed E-state index contributed by atoms with van der Waals surface area (Å²) in [5, 5.41) is 9.56. The molecule has 90 valence electrons. The van der Waals surface area contributed by atoms with Gasteiger partial charge in [-0.25, -0.2) is 0 Å². The Kier molecular flexibility index (Phi) is 4.49. The van der Waals surface area contributed by atoms with Crippen molar-refractivity contribution < 1.29 is 9.53 Å². The molecule has 0 saturated carbocycles. The van der Waals surface area contributed by atoms with Crippen molar-refractivity contribution in [2.45, 2.75) is 33.8 Å². The van der Waals surface area contributed by atoms with Crippen LogP contribution in [0.1, 0.15) is 35.6 Å². The topological polar surface area (TPSA) is 67.0 Å². The summed E-state index contributed by atoms with van der Waals surface area (Å²) < 4.78 is 5.33. The summed E-state index contributed by atoms with van der Waals surface area (Å²) >= 11 is 0. The molecule has 0 saturated heterocycles. The smallest absolute Gasteiger partial charge is 0.255 e. The summed E-state index contributed by atoms with van der Waals surface area (Å²) in [6.07, 6.45) is 0.189. The molecule has 5 nitrogen and oxygen atoms in total. The second kappa shape index (κ2) is 5.65. The van der Waals surface area contributed by atoms with E-state index < -0.39 is 0 Å². The fourth-order valence-electron chi connectivity index (χ4n) is 1.43. The number of amides is 1. The fraction of sp³-hybridized carbons (Fsp3) is 0.636. The van der Waals surface area contributed by atoms with Crippen LogP contribution in [0.25, 0.3) is 0 Å². The first kappa shape index (κ1) is 12.7. The van der Waals surface area contributed by atoms with Gasteiger partial charge in [0.25, 0.3) is 5.91 Å². The van der Waals surface area contributed by atoms with Crippen LogP contribution in [-0.2, 0) is 4.74 Å². The number of rotatable bonds is 5. The van der Waals surface area contributed by atoms with Gasteiger partial charge in [0.1, 0.15) is 0 Å². The lowest BCUT2D eigenvalue weighted by Crippen LogP contribution is -2.28. The molecule has 1 rings (SSSR count). The molecular weight excluding hydrogens is 206 g/mol. The molecule has 5 heteroatoms. The predicted octanol–water partition coefficient (Wildman–Crippen LogP) is 1.18. The number of H-pyrrole nitrogens is 1. The van der Waals surface area contributed by atoms with E-state index in [2.05, 4.69) is 15.5 Å². The third kappa shape index (κ3) is 3.34. The molecule has 0 atom stereocenters. The number of nitrogens with one attached hydrogen (secondary N) is 2. The molecule has 0 aliphatic carbocycles. The number of aromatic amines is 1. The average molecular weight is 225 g/mol. The lowest BCUT2D eigenvalue weighted by atomic mass is 10.2. The number of carbonyl (C=O) groups is 1. The van der Waals surface area contributed by atoms with Crippen LogP contribution in [-0.4, -0.2) is 35.4 Å². The summed E-state index contributed by atoms with van der Waals surface area (Å²) in [6.45, 7) is 8.61. The number of carbonyl (C=O) groups excluding carboxylic acids is 1. The molecule has 0 unspecified atom stereocenters. The number of ether oxygens (including phenoxy) is 1.